The van der Waals surface area contributed by atoms with Crippen LogP contribution in [0.2, 0.25) is 5.28 Å². The number of rotatable bonds is 2. The van der Waals surface area contributed by atoms with Crippen LogP contribution < -0.4 is 4.74 Å². The van der Waals surface area contributed by atoms with Crippen molar-refractivity contribution in [2.45, 2.75) is 6.18 Å². The molecule has 0 aliphatic heterocycles. The highest BCUT2D eigenvalue weighted by Crippen LogP contribution is 2.32. The second-order valence-electron chi connectivity index (χ2n) is 3.75. The lowest BCUT2D eigenvalue weighted by atomic mass is 10.1. The van der Waals surface area contributed by atoms with Crippen LogP contribution >= 0.6 is 11.6 Å². The van der Waals surface area contributed by atoms with Gasteiger partial charge in [0.25, 0.3) is 0 Å². The van der Waals surface area contributed by atoms with Crippen molar-refractivity contribution in [1.29, 1.82) is 0 Å². The second kappa shape index (κ2) is 5.24. The van der Waals surface area contributed by atoms with E-state index in [1.807, 2.05) is 0 Å². The molecule has 0 atom stereocenters. The van der Waals surface area contributed by atoms with E-state index in [0.717, 1.165) is 6.07 Å². The molecule has 3 nitrogen and oxygen atoms in total. The molecule has 0 amide bonds. The van der Waals surface area contributed by atoms with Crippen LogP contribution in [0.4, 0.5) is 17.6 Å². The molecule has 1 heterocycles. The van der Waals surface area contributed by atoms with Crippen LogP contribution in [0.3, 0.4) is 0 Å². The molecule has 0 saturated carbocycles. The maximum absolute atomic E-state index is 13.5. The van der Waals surface area contributed by atoms with E-state index in [-0.39, 0.29) is 17.0 Å². The number of ether oxygens (including phenoxy) is 1. The third kappa shape index (κ3) is 2.98. The summed E-state index contributed by atoms with van der Waals surface area (Å²) in [5, 5.41) is -0.564. The lowest BCUT2D eigenvalue weighted by Gasteiger charge is -2.09. The monoisotopic (exact) mass is 306 g/mol. The number of nitrogens with zero attached hydrogens (tertiary/aromatic N) is 2. The summed E-state index contributed by atoms with van der Waals surface area (Å²) in [4.78, 5) is 6.76. The molecule has 0 aliphatic rings. The molecule has 0 fully saturated rings. The predicted molar refractivity (Wildman–Crippen MR) is 64.0 cm³/mol. The van der Waals surface area contributed by atoms with E-state index < -0.39 is 23.0 Å². The van der Waals surface area contributed by atoms with Gasteiger partial charge in [-0.3, -0.25) is 0 Å². The molecule has 0 aliphatic carbocycles. The van der Waals surface area contributed by atoms with E-state index in [4.69, 9.17) is 16.3 Å². The standard InChI is InChI=1S/C12H7ClF4N2O/c1-20-9-3-2-6(4-7(9)14)8-5-10(12(15,16)17)19-11(13)18-8/h2-5H,1H3. The first-order chi connectivity index (χ1) is 9.31. The summed E-state index contributed by atoms with van der Waals surface area (Å²) in [5.74, 6) is -0.738. The first-order valence-electron chi connectivity index (χ1n) is 5.27. The van der Waals surface area contributed by atoms with Gasteiger partial charge in [-0.1, -0.05) is 0 Å². The van der Waals surface area contributed by atoms with Gasteiger partial charge in [0, 0.05) is 5.56 Å². The molecule has 0 radical (unpaired) electrons. The highest BCUT2D eigenvalue weighted by atomic mass is 35.5. The molecule has 0 unspecified atom stereocenters. The average molecular weight is 307 g/mol. The SMILES string of the molecule is COc1ccc(-c2cc(C(F)(F)F)nc(Cl)n2)cc1F. The Balaban J connectivity index is 2.53. The topological polar surface area (TPSA) is 35.0 Å². The summed E-state index contributed by atoms with van der Waals surface area (Å²) in [5.41, 5.74) is -1.18. The van der Waals surface area contributed by atoms with E-state index in [0.29, 0.717) is 6.07 Å². The fourth-order valence-electron chi connectivity index (χ4n) is 1.54. The lowest BCUT2D eigenvalue weighted by molar-refractivity contribution is -0.141. The van der Waals surface area contributed by atoms with Crippen molar-refractivity contribution in [3.8, 4) is 17.0 Å². The minimum Gasteiger partial charge on any atom is -0.494 e. The Morgan fingerprint density at radius 3 is 2.40 bits per heavy atom. The minimum absolute atomic E-state index is 0.0232. The maximum Gasteiger partial charge on any atom is 0.433 e. The summed E-state index contributed by atoms with van der Waals surface area (Å²) in [6, 6.07) is 4.37. The van der Waals surface area contributed by atoms with Gasteiger partial charge < -0.3 is 4.74 Å². The first kappa shape index (κ1) is 14.5. The molecule has 0 bridgehead atoms. The van der Waals surface area contributed by atoms with Gasteiger partial charge in [0.1, 0.15) is 5.69 Å². The molecule has 2 rings (SSSR count). The van der Waals surface area contributed by atoms with Gasteiger partial charge in [-0.2, -0.15) is 13.2 Å². The van der Waals surface area contributed by atoms with E-state index in [9.17, 15) is 17.6 Å². The minimum atomic E-state index is -4.66. The number of aromatic nitrogens is 2. The molecular formula is C12H7ClF4N2O. The maximum atomic E-state index is 13.5. The van der Waals surface area contributed by atoms with Crippen LogP contribution in [0, 0.1) is 5.82 Å². The van der Waals surface area contributed by atoms with Gasteiger partial charge >= 0.3 is 6.18 Å². The zero-order chi connectivity index (χ0) is 14.9. The number of alkyl halides is 3. The van der Waals surface area contributed by atoms with Crippen LogP contribution in [0.25, 0.3) is 11.3 Å². The van der Waals surface area contributed by atoms with E-state index in [2.05, 4.69) is 9.97 Å². The molecule has 0 saturated heterocycles. The van der Waals surface area contributed by atoms with Crippen LogP contribution in [0.5, 0.6) is 5.75 Å². The molecule has 106 valence electrons. The molecule has 0 spiro atoms. The number of hydrogen-bond acceptors (Lipinski definition) is 3. The van der Waals surface area contributed by atoms with Gasteiger partial charge in [-0.15, -0.1) is 0 Å². The Hall–Kier alpha value is -1.89. The number of halogens is 5. The third-order valence-corrected chi connectivity index (χ3v) is 2.61. The van der Waals surface area contributed by atoms with Crippen molar-refractivity contribution in [3.63, 3.8) is 0 Å². The molecule has 0 N–H and O–H groups in total. The molecular weight excluding hydrogens is 300 g/mol. The number of hydrogen-bond donors (Lipinski definition) is 0. The zero-order valence-electron chi connectivity index (χ0n) is 10.0. The second-order valence-corrected chi connectivity index (χ2v) is 4.09. The van der Waals surface area contributed by atoms with Crippen molar-refractivity contribution in [1.82, 2.24) is 9.97 Å². The highest BCUT2D eigenvalue weighted by Gasteiger charge is 2.33. The molecule has 2 aromatic rings. The Kier molecular flexibility index (Phi) is 3.80. The smallest absolute Gasteiger partial charge is 0.433 e. The van der Waals surface area contributed by atoms with Crippen LogP contribution in [0.1, 0.15) is 5.69 Å². The Labute approximate surface area is 116 Å². The van der Waals surface area contributed by atoms with Gasteiger partial charge in [0.2, 0.25) is 5.28 Å². The van der Waals surface area contributed by atoms with E-state index in [1.54, 1.807) is 0 Å². The highest BCUT2D eigenvalue weighted by molar-refractivity contribution is 6.28. The summed E-state index contributed by atoms with van der Waals surface area (Å²) < 4.78 is 56.1. The molecule has 20 heavy (non-hydrogen) atoms. The Bertz CT molecular complexity index is 646. The quantitative estimate of drug-likeness (QED) is 0.622. The lowest BCUT2D eigenvalue weighted by Crippen LogP contribution is -2.09. The number of methoxy groups -OCH3 is 1. The van der Waals surface area contributed by atoms with Crippen LogP contribution in [0.15, 0.2) is 24.3 Å². The van der Waals surface area contributed by atoms with Gasteiger partial charge in [0.15, 0.2) is 11.6 Å². The van der Waals surface area contributed by atoms with Crippen LogP contribution in [-0.2, 0) is 6.18 Å². The largest absolute Gasteiger partial charge is 0.494 e. The predicted octanol–water partition coefficient (Wildman–Crippen LogP) is 3.96. The Morgan fingerprint density at radius 2 is 1.85 bits per heavy atom. The normalized spacial score (nSPS) is 11.5. The van der Waals surface area contributed by atoms with Crippen LogP contribution in [-0.4, -0.2) is 17.1 Å². The Morgan fingerprint density at radius 1 is 1.15 bits per heavy atom. The molecule has 8 heteroatoms. The van der Waals surface area contributed by atoms with E-state index in [1.165, 1.54) is 19.2 Å². The summed E-state index contributed by atoms with van der Waals surface area (Å²) >= 11 is 5.46. The summed E-state index contributed by atoms with van der Waals surface area (Å²) in [6.45, 7) is 0. The van der Waals surface area contributed by atoms with Crippen molar-refractivity contribution in [2.24, 2.45) is 0 Å². The third-order valence-electron chi connectivity index (χ3n) is 2.44. The fourth-order valence-corrected chi connectivity index (χ4v) is 1.72. The first-order valence-corrected chi connectivity index (χ1v) is 5.65. The number of benzene rings is 1. The molecule has 1 aromatic heterocycles. The van der Waals surface area contributed by atoms with E-state index >= 15 is 0 Å². The van der Waals surface area contributed by atoms with Crippen molar-refractivity contribution >= 4 is 11.6 Å². The molecule has 1 aromatic carbocycles. The summed E-state index contributed by atoms with van der Waals surface area (Å²) in [6.07, 6.45) is -4.66. The van der Waals surface area contributed by atoms with Crippen molar-refractivity contribution < 1.29 is 22.3 Å². The average Bonchev–Trinajstić information content (AvgIpc) is 2.37. The summed E-state index contributed by atoms with van der Waals surface area (Å²) in [7, 11) is 1.28. The van der Waals surface area contributed by atoms with Crippen molar-refractivity contribution in [2.75, 3.05) is 7.11 Å². The van der Waals surface area contributed by atoms with Gasteiger partial charge in [-0.25, -0.2) is 14.4 Å². The van der Waals surface area contributed by atoms with Crippen molar-refractivity contribution in [3.05, 3.63) is 41.1 Å². The fraction of sp³-hybridized carbons (Fsp3) is 0.167. The van der Waals surface area contributed by atoms with Gasteiger partial charge in [0.05, 0.1) is 12.8 Å². The zero-order valence-corrected chi connectivity index (χ0v) is 10.8. The van der Waals surface area contributed by atoms with Gasteiger partial charge in [-0.05, 0) is 35.9 Å².